The third-order valence-electron chi connectivity index (χ3n) is 3.79. The minimum Gasteiger partial charge on any atom is -0.326 e. The lowest BCUT2D eigenvalue weighted by molar-refractivity contribution is 0.168. The lowest BCUT2D eigenvalue weighted by atomic mass is 10.0. The Morgan fingerprint density at radius 1 is 1.10 bits per heavy atom. The van der Waals surface area contributed by atoms with E-state index in [1.807, 2.05) is 31.2 Å². The summed E-state index contributed by atoms with van der Waals surface area (Å²) in [6, 6.07) is 12.2. The van der Waals surface area contributed by atoms with Crippen molar-refractivity contribution in [1.82, 2.24) is 4.90 Å². The predicted molar refractivity (Wildman–Crippen MR) is 93.3 cm³/mol. The van der Waals surface area contributed by atoms with Gasteiger partial charge < -0.3 is 5.73 Å². The van der Waals surface area contributed by atoms with E-state index in [-0.39, 0.29) is 18.1 Å². The predicted octanol–water partition coefficient (Wildman–Crippen LogP) is 5.14. The summed E-state index contributed by atoms with van der Waals surface area (Å²) in [7, 11) is 2.08. The van der Waals surface area contributed by atoms with Gasteiger partial charge in [0.1, 0.15) is 0 Å². The molecule has 0 aliphatic carbocycles. The van der Waals surface area contributed by atoms with E-state index in [0.717, 1.165) is 14.9 Å². The van der Waals surface area contributed by atoms with Crippen LogP contribution in [0.5, 0.6) is 0 Å². The fraction of sp³-hybridized carbons (Fsp3) is 0.375. The zero-order valence-corrected chi connectivity index (χ0v) is 14.7. The van der Waals surface area contributed by atoms with Gasteiger partial charge in [0.15, 0.2) is 0 Å². The van der Waals surface area contributed by atoms with E-state index in [2.05, 4.69) is 31.0 Å². The summed E-state index contributed by atoms with van der Waals surface area (Å²) in [6.45, 7) is 4.17. The van der Waals surface area contributed by atoms with E-state index in [4.69, 9.17) is 28.9 Å². The Morgan fingerprint density at radius 2 is 1.76 bits per heavy atom. The molecule has 0 saturated heterocycles. The van der Waals surface area contributed by atoms with Crippen LogP contribution in [0.3, 0.4) is 0 Å². The molecule has 2 aromatic rings. The molecule has 2 nitrogen and oxygen atoms in total. The third-order valence-corrected chi connectivity index (χ3v) is 5.43. The largest absolute Gasteiger partial charge is 0.326 e. The van der Waals surface area contributed by atoms with Crippen molar-refractivity contribution >= 4 is 34.5 Å². The normalized spacial score (nSPS) is 16.0. The number of halogens is 2. The molecule has 1 heterocycles. The number of nitrogens with two attached hydrogens (primary N) is 1. The molecule has 0 bridgehead atoms. The van der Waals surface area contributed by atoms with Crippen molar-refractivity contribution in [2.24, 2.45) is 5.73 Å². The summed E-state index contributed by atoms with van der Waals surface area (Å²) in [4.78, 5) is 3.44. The second-order valence-electron chi connectivity index (χ2n) is 5.31. The number of hydrogen-bond donors (Lipinski definition) is 1. The first kappa shape index (κ1) is 16.8. The lowest BCUT2D eigenvalue weighted by Gasteiger charge is -2.35. The van der Waals surface area contributed by atoms with Gasteiger partial charge in [-0.2, -0.15) is 0 Å². The molecule has 1 aromatic carbocycles. The second kappa shape index (κ2) is 7.12. The topological polar surface area (TPSA) is 29.3 Å². The van der Waals surface area contributed by atoms with E-state index in [9.17, 15) is 0 Å². The summed E-state index contributed by atoms with van der Waals surface area (Å²) in [5.74, 6) is 0. The standard InChI is InChI=1S/C16H20Cl2N2S/c1-10(19)16(14-8-9-15(18)21-14)20(3)11(2)12-6-4-5-7-13(12)17/h4-11,16H,19H2,1-3H3. The molecule has 0 aliphatic heterocycles. The second-order valence-corrected chi connectivity index (χ2v) is 7.46. The van der Waals surface area contributed by atoms with Crippen LogP contribution >= 0.6 is 34.5 Å². The Hall–Kier alpha value is -0.580. The van der Waals surface area contributed by atoms with E-state index in [0.29, 0.717) is 0 Å². The maximum Gasteiger partial charge on any atom is 0.0931 e. The van der Waals surface area contributed by atoms with Crippen LogP contribution in [-0.2, 0) is 0 Å². The fourth-order valence-corrected chi connectivity index (χ4v) is 4.22. The van der Waals surface area contributed by atoms with Gasteiger partial charge in [-0.15, -0.1) is 11.3 Å². The highest BCUT2D eigenvalue weighted by Gasteiger charge is 2.27. The first-order chi connectivity index (χ1) is 9.91. The molecule has 2 N–H and O–H groups in total. The molecule has 0 radical (unpaired) electrons. The van der Waals surface area contributed by atoms with Crippen LogP contribution in [0, 0.1) is 0 Å². The van der Waals surface area contributed by atoms with Crippen molar-refractivity contribution in [2.45, 2.75) is 32.0 Å². The van der Waals surface area contributed by atoms with Crippen molar-refractivity contribution in [3.8, 4) is 0 Å². The zero-order chi connectivity index (χ0) is 15.6. The molecule has 2 rings (SSSR count). The minimum absolute atomic E-state index is 0.00495. The van der Waals surface area contributed by atoms with Gasteiger partial charge in [0.25, 0.3) is 0 Å². The molecule has 1 aromatic heterocycles. The molecule has 114 valence electrons. The summed E-state index contributed by atoms with van der Waals surface area (Å²) in [5.41, 5.74) is 7.33. The number of hydrogen-bond acceptors (Lipinski definition) is 3. The average molecular weight is 343 g/mol. The summed E-state index contributed by atoms with van der Waals surface area (Å²) < 4.78 is 0.787. The van der Waals surface area contributed by atoms with Crippen LogP contribution < -0.4 is 5.73 Å². The van der Waals surface area contributed by atoms with Gasteiger partial charge in [-0.25, -0.2) is 0 Å². The molecule has 3 atom stereocenters. The molecule has 0 spiro atoms. The van der Waals surface area contributed by atoms with Crippen molar-refractivity contribution in [1.29, 1.82) is 0 Å². The molecule has 5 heteroatoms. The molecular weight excluding hydrogens is 323 g/mol. The van der Waals surface area contributed by atoms with Gasteiger partial charge in [-0.1, -0.05) is 41.4 Å². The number of thiophene rings is 1. The summed E-state index contributed by atoms with van der Waals surface area (Å²) >= 11 is 14.0. The van der Waals surface area contributed by atoms with E-state index >= 15 is 0 Å². The Morgan fingerprint density at radius 3 is 2.29 bits per heavy atom. The Balaban J connectivity index is 2.31. The van der Waals surface area contributed by atoms with Crippen LogP contribution in [0.1, 0.15) is 36.4 Å². The molecule has 0 amide bonds. The molecule has 3 unspecified atom stereocenters. The first-order valence-electron chi connectivity index (χ1n) is 6.89. The highest BCUT2D eigenvalue weighted by Crippen LogP contribution is 2.37. The van der Waals surface area contributed by atoms with Gasteiger partial charge in [-0.3, -0.25) is 4.90 Å². The first-order valence-corrected chi connectivity index (χ1v) is 8.46. The van der Waals surface area contributed by atoms with Crippen LogP contribution in [0.15, 0.2) is 36.4 Å². The van der Waals surface area contributed by atoms with E-state index < -0.39 is 0 Å². The minimum atomic E-state index is -0.00495. The Kier molecular flexibility index (Phi) is 5.69. The van der Waals surface area contributed by atoms with Crippen molar-refractivity contribution in [2.75, 3.05) is 7.05 Å². The van der Waals surface area contributed by atoms with Crippen molar-refractivity contribution in [3.05, 3.63) is 56.2 Å². The van der Waals surface area contributed by atoms with Gasteiger partial charge in [0.2, 0.25) is 0 Å². The molecular formula is C16H20Cl2N2S. The van der Waals surface area contributed by atoms with Crippen molar-refractivity contribution < 1.29 is 0 Å². The maximum atomic E-state index is 6.32. The number of benzene rings is 1. The van der Waals surface area contributed by atoms with E-state index in [1.54, 1.807) is 11.3 Å². The monoisotopic (exact) mass is 342 g/mol. The zero-order valence-electron chi connectivity index (χ0n) is 12.4. The fourth-order valence-electron chi connectivity index (χ4n) is 2.59. The highest BCUT2D eigenvalue weighted by atomic mass is 35.5. The number of nitrogens with zero attached hydrogens (tertiary/aromatic N) is 1. The maximum absolute atomic E-state index is 6.32. The lowest BCUT2D eigenvalue weighted by Crippen LogP contribution is -2.38. The smallest absolute Gasteiger partial charge is 0.0931 e. The number of rotatable bonds is 5. The summed E-state index contributed by atoms with van der Waals surface area (Å²) in [6.07, 6.45) is 0. The van der Waals surface area contributed by atoms with Crippen LogP contribution in [0.25, 0.3) is 0 Å². The quantitative estimate of drug-likeness (QED) is 0.815. The Labute approximate surface area is 140 Å². The highest BCUT2D eigenvalue weighted by molar-refractivity contribution is 7.16. The van der Waals surface area contributed by atoms with Gasteiger partial charge in [-0.05, 0) is 44.7 Å². The molecule has 0 aliphatic rings. The van der Waals surface area contributed by atoms with Crippen LogP contribution in [0.4, 0.5) is 0 Å². The van der Waals surface area contributed by atoms with E-state index in [1.165, 1.54) is 4.88 Å². The SMILES string of the molecule is CC(N)C(c1ccc(Cl)s1)N(C)C(C)c1ccccc1Cl. The van der Waals surface area contributed by atoms with Crippen LogP contribution in [0.2, 0.25) is 9.36 Å². The van der Waals surface area contributed by atoms with Gasteiger partial charge >= 0.3 is 0 Å². The molecule has 0 fully saturated rings. The number of likely N-dealkylation sites (N-methyl/N-ethyl adjacent to an activating group) is 1. The van der Waals surface area contributed by atoms with Crippen molar-refractivity contribution in [3.63, 3.8) is 0 Å². The third kappa shape index (κ3) is 3.79. The molecule has 0 saturated carbocycles. The Bertz CT molecular complexity index is 597. The van der Waals surface area contributed by atoms with Crippen LogP contribution in [-0.4, -0.2) is 18.0 Å². The van der Waals surface area contributed by atoms with Gasteiger partial charge in [0, 0.05) is 22.0 Å². The summed E-state index contributed by atoms with van der Waals surface area (Å²) in [5, 5.41) is 0.782. The molecule has 21 heavy (non-hydrogen) atoms. The van der Waals surface area contributed by atoms with Gasteiger partial charge in [0.05, 0.1) is 10.4 Å². The average Bonchev–Trinajstić information content (AvgIpc) is 2.84.